The van der Waals surface area contributed by atoms with E-state index in [1.807, 2.05) is 0 Å². The average molecular weight is 735 g/mol. The zero-order valence-electron chi connectivity index (χ0n) is 33.3. The van der Waals surface area contributed by atoms with Crippen LogP contribution < -0.4 is 10.6 Å². The molecule has 0 aromatic rings. The molecule has 0 heterocycles. The van der Waals surface area contributed by atoms with Crippen molar-refractivity contribution in [3.05, 3.63) is 24.3 Å². The highest BCUT2D eigenvalue weighted by Gasteiger charge is 2.19. The number of hydrogen-bond acceptors (Lipinski definition) is 6. The second-order valence-electron chi connectivity index (χ2n) is 14.4. The van der Waals surface area contributed by atoms with Crippen LogP contribution in [0.1, 0.15) is 200 Å². The lowest BCUT2D eigenvalue weighted by Gasteiger charge is -2.18. The van der Waals surface area contributed by atoms with Crippen molar-refractivity contribution >= 4 is 23.8 Å². The number of rotatable bonds is 38. The Morgan fingerprint density at radius 3 is 1.58 bits per heavy atom. The highest BCUT2D eigenvalue weighted by molar-refractivity contribution is 5.87. The van der Waals surface area contributed by atoms with Crippen molar-refractivity contribution in [2.75, 3.05) is 13.2 Å². The summed E-state index contributed by atoms with van der Waals surface area (Å²) in [5.74, 6) is -2.30. The Labute approximate surface area is 317 Å². The molecule has 0 saturated carbocycles. The first-order valence-corrected chi connectivity index (χ1v) is 21.2. The fourth-order valence-corrected chi connectivity index (χ4v) is 6.16. The SMILES string of the molecule is CCCCC/C=C\C/C=C\CCCCCCCCCC(=O)OC(CCCCCCCCC)CCCCCCCC(=O)NCC(=O)NC(CO)C(=O)O. The summed E-state index contributed by atoms with van der Waals surface area (Å²) < 4.78 is 5.99. The van der Waals surface area contributed by atoms with Crippen LogP contribution in [0, 0.1) is 0 Å². The third-order valence-corrected chi connectivity index (χ3v) is 9.45. The molecule has 0 bridgehead atoms. The van der Waals surface area contributed by atoms with Crippen LogP contribution in [-0.4, -0.2) is 59.3 Å². The van der Waals surface area contributed by atoms with Crippen molar-refractivity contribution in [1.29, 1.82) is 0 Å². The monoisotopic (exact) mass is 735 g/mol. The van der Waals surface area contributed by atoms with Crippen LogP contribution in [0.2, 0.25) is 0 Å². The maximum atomic E-state index is 12.7. The van der Waals surface area contributed by atoms with Gasteiger partial charge in [0.2, 0.25) is 11.8 Å². The largest absolute Gasteiger partial charge is 0.480 e. The molecule has 302 valence electrons. The van der Waals surface area contributed by atoms with Gasteiger partial charge in [-0.25, -0.2) is 4.79 Å². The van der Waals surface area contributed by atoms with Gasteiger partial charge in [-0.05, 0) is 70.6 Å². The van der Waals surface area contributed by atoms with E-state index in [0.717, 1.165) is 64.2 Å². The normalized spacial score (nSPS) is 12.7. The predicted molar refractivity (Wildman–Crippen MR) is 213 cm³/mol. The maximum absolute atomic E-state index is 12.7. The van der Waals surface area contributed by atoms with Gasteiger partial charge in [0, 0.05) is 12.8 Å². The number of aliphatic carboxylic acids is 1. The van der Waals surface area contributed by atoms with Gasteiger partial charge in [0.15, 0.2) is 0 Å². The third-order valence-electron chi connectivity index (χ3n) is 9.45. The molecule has 9 heteroatoms. The van der Waals surface area contributed by atoms with Crippen molar-refractivity contribution < 1.29 is 34.1 Å². The molecule has 4 N–H and O–H groups in total. The first kappa shape index (κ1) is 49.3. The number of unbranched alkanes of at least 4 members (excludes halogenated alkanes) is 20. The molecule has 0 rings (SSSR count). The summed E-state index contributed by atoms with van der Waals surface area (Å²) in [5, 5.41) is 22.5. The minimum Gasteiger partial charge on any atom is -0.480 e. The quantitative estimate of drug-likeness (QED) is 0.0281. The number of aliphatic hydroxyl groups excluding tert-OH is 1. The lowest BCUT2D eigenvalue weighted by Crippen LogP contribution is -2.47. The number of nitrogens with one attached hydrogen (secondary N) is 2. The fourth-order valence-electron chi connectivity index (χ4n) is 6.16. The number of esters is 1. The zero-order chi connectivity index (χ0) is 38.3. The summed E-state index contributed by atoms with van der Waals surface area (Å²) in [6, 6.07) is -1.38. The van der Waals surface area contributed by atoms with E-state index < -0.39 is 24.5 Å². The van der Waals surface area contributed by atoms with Gasteiger partial charge in [-0.15, -0.1) is 0 Å². The van der Waals surface area contributed by atoms with Crippen molar-refractivity contribution in [2.45, 2.75) is 212 Å². The molecule has 0 spiro atoms. The van der Waals surface area contributed by atoms with Crippen molar-refractivity contribution in [3.63, 3.8) is 0 Å². The number of amides is 2. The van der Waals surface area contributed by atoms with Crippen LogP contribution in [0.15, 0.2) is 24.3 Å². The highest BCUT2D eigenvalue weighted by atomic mass is 16.5. The number of carbonyl (C=O) groups excluding carboxylic acids is 3. The molecule has 0 radical (unpaired) electrons. The Bertz CT molecular complexity index is 936. The van der Waals surface area contributed by atoms with E-state index in [4.69, 9.17) is 14.9 Å². The number of carboxylic acids is 1. The molecule has 52 heavy (non-hydrogen) atoms. The third kappa shape index (κ3) is 34.4. The van der Waals surface area contributed by atoms with Crippen LogP contribution in [0.4, 0.5) is 0 Å². The first-order valence-electron chi connectivity index (χ1n) is 21.2. The van der Waals surface area contributed by atoms with Crippen LogP contribution in [0.3, 0.4) is 0 Å². The van der Waals surface area contributed by atoms with Crippen LogP contribution >= 0.6 is 0 Å². The number of carbonyl (C=O) groups is 4. The zero-order valence-corrected chi connectivity index (χ0v) is 33.3. The van der Waals surface area contributed by atoms with Crippen LogP contribution in [-0.2, 0) is 23.9 Å². The summed E-state index contributed by atoms with van der Waals surface area (Å²) in [7, 11) is 0. The predicted octanol–water partition coefficient (Wildman–Crippen LogP) is 10.0. The van der Waals surface area contributed by atoms with Crippen molar-refractivity contribution in [3.8, 4) is 0 Å². The van der Waals surface area contributed by atoms with E-state index >= 15 is 0 Å². The number of ether oxygens (including phenoxy) is 1. The smallest absolute Gasteiger partial charge is 0.328 e. The lowest BCUT2D eigenvalue weighted by molar-refractivity contribution is -0.150. The number of hydrogen-bond donors (Lipinski definition) is 4. The molecule has 0 aromatic carbocycles. The van der Waals surface area contributed by atoms with Gasteiger partial charge in [0.25, 0.3) is 0 Å². The molecule has 0 saturated heterocycles. The average Bonchev–Trinajstić information content (AvgIpc) is 3.13. The Morgan fingerprint density at radius 1 is 0.577 bits per heavy atom. The number of allylic oxidation sites excluding steroid dienone is 4. The summed E-state index contributed by atoms with van der Waals surface area (Å²) >= 11 is 0. The molecule has 0 aromatic heterocycles. The molecule has 2 unspecified atom stereocenters. The van der Waals surface area contributed by atoms with E-state index in [1.165, 1.54) is 103 Å². The van der Waals surface area contributed by atoms with E-state index in [2.05, 4.69) is 48.8 Å². The van der Waals surface area contributed by atoms with Gasteiger partial charge in [0.05, 0.1) is 13.2 Å². The van der Waals surface area contributed by atoms with Crippen LogP contribution in [0.25, 0.3) is 0 Å². The molecule has 2 amide bonds. The Hall–Kier alpha value is -2.68. The molecule has 0 aliphatic heterocycles. The molecular formula is C43H78N2O7. The minimum absolute atomic E-state index is 0.0116. The molecule has 9 nitrogen and oxygen atoms in total. The molecule has 0 aliphatic carbocycles. The van der Waals surface area contributed by atoms with Gasteiger partial charge >= 0.3 is 11.9 Å². The summed E-state index contributed by atoms with van der Waals surface area (Å²) in [5.41, 5.74) is 0. The van der Waals surface area contributed by atoms with Gasteiger partial charge in [0.1, 0.15) is 12.1 Å². The maximum Gasteiger partial charge on any atom is 0.328 e. The summed E-state index contributed by atoms with van der Waals surface area (Å²) in [6.45, 7) is 3.44. The second-order valence-corrected chi connectivity index (χ2v) is 14.4. The topological polar surface area (TPSA) is 142 Å². The van der Waals surface area contributed by atoms with Crippen molar-refractivity contribution in [2.24, 2.45) is 0 Å². The van der Waals surface area contributed by atoms with E-state index in [0.29, 0.717) is 19.3 Å². The van der Waals surface area contributed by atoms with Gasteiger partial charge in [-0.2, -0.15) is 0 Å². The van der Waals surface area contributed by atoms with Crippen LogP contribution in [0.5, 0.6) is 0 Å². The minimum atomic E-state index is -1.38. The highest BCUT2D eigenvalue weighted by Crippen LogP contribution is 2.19. The van der Waals surface area contributed by atoms with Gasteiger partial charge in [-0.3, -0.25) is 14.4 Å². The second kappa shape index (κ2) is 38.1. The number of aliphatic hydroxyl groups is 1. The van der Waals surface area contributed by atoms with Gasteiger partial charge < -0.3 is 25.6 Å². The standard InChI is InChI=1S/C43H78N2O7/c1-3-5-7-9-11-12-13-14-15-16-17-18-19-20-22-27-31-35-42(49)52-38(32-28-24-21-10-8-6-4-2)33-29-25-23-26-30-34-40(47)44-36-41(48)45-39(37-46)43(50)51/h11-12,14-15,38-39,46H,3-10,13,16-37H2,1-2H3,(H,44,47)(H,45,48)(H,50,51)/b12-11-,15-14-. The first-order chi connectivity index (χ1) is 25.3. The van der Waals surface area contributed by atoms with Gasteiger partial charge in [-0.1, -0.05) is 141 Å². The number of carboxylic acid groups (broad SMARTS) is 1. The Morgan fingerprint density at radius 2 is 1.04 bits per heavy atom. The molecular weight excluding hydrogens is 656 g/mol. The molecule has 0 fully saturated rings. The molecule has 2 atom stereocenters. The molecule has 0 aliphatic rings. The Kier molecular flexibility index (Phi) is 36.1. The fraction of sp³-hybridized carbons (Fsp3) is 0.814. The van der Waals surface area contributed by atoms with E-state index in [9.17, 15) is 19.2 Å². The summed E-state index contributed by atoms with van der Waals surface area (Å²) in [6.07, 6.45) is 40.7. The summed E-state index contributed by atoms with van der Waals surface area (Å²) in [4.78, 5) is 47.4. The lowest BCUT2D eigenvalue weighted by atomic mass is 10.0. The Balaban J connectivity index is 4.15. The van der Waals surface area contributed by atoms with Crippen molar-refractivity contribution in [1.82, 2.24) is 10.6 Å². The van der Waals surface area contributed by atoms with E-state index in [1.54, 1.807) is 0 Å². The van der Waals surface area contributed by atoms with E-state index in [-0.39, 0.29) is 24.5 Å².